The van der Waals surface area contributed by atoms with E-state index < -0.39 is 0 Å². The van der Waals surface area contributed by atoms with Crippen molar-refractivity contribution >= 4 is 46.4 Å². The van der Waals surface area contributed by atoms with Gasteiger partial charge in [-0.25, -0.2) is 9.97 Å². The van der Waals surface area contributed by atoms with Crippen LogP contribution in [0.3, 0.4) is 0 Å². The molecule has 0 saturated heterocycles. The van der Waals surface area contributed by atoms with E-state index in [9.17, 15) is 4.79 Å². The number of anilines is 3. The summed E-state index contributed by atoms with van der Waals surface area (Å²) in [4.78, 5) is 20.6. The Bertz CT molecular complexity index is 912. The topological polar surface area (TPSA) is 66.9 Å². The van der Waals surface area contributed by atoms with Gasteiger partial charge < -0.3 is 10.6 Å². The van der Waals surface area contributed by atoms with E-state index in [4.69, 9.17) is 23.2 Å². The van der Waals surface area contributed by atoms with Crippen molar-refractivity contribution in [1.82, 2.24) is 9.97 Å². The molecule has 5 nitrogen and oxygen atoms in total. The van der Waals surface area contributed by atoms with Crippen LogP contribution in [0.25, 0.3) is 0 Å². The number of aryl methyl sites for hydroxylation is 1. The van der Waals surface area contributed by atoms with Crippen LogP contribution in [0.4, 0.5) is 17.3 Å². The molecule has 0 saturated carbocycles. The van der Waals surface area contributed by atoms with Crippen molar-refractivity contribution in [2.24, 2.45) is 0 Å². The molecule has 2 N–H and O–H groups in total. The number of carbonyl (C=O) groups excluding carboxylic acids is 1. The van der Waals surface area contributed by atoms with Crippen LogP contribution in [-0.2, 0) is 6.42 Å². The number of aromatic nitrogens is 2. The van der Waals surface area contributed by atoms with Crippen molar-refractivity contribution in [1.29, 1.82) is 0 Å². The SMILES string of the molecule is CCc1ccc(NC(=O)c2cnc(Nc3cccc(Cl)c3Cl)nc2)cc1. The van der Waals surface area contributed by atoms with E-state index in [0.717, 1.165) is 12.1 Å². The Morgan fingerprint density at radius 3 is 2.38 bits per heavy atom. The quantitative estimate of drug-likeness (QED) is 0.620. The number of nitrogens with one attached hydrogen (secondary N) is 2. The Balaban J connectivity index is 1.68. The molecule has 132 valence electrons. The van der Waals surface area contributed by atoms with Crippen LogP contribution in [0.2, 0.25) is 10.0 Å². The van der Waals surface area contributed by atoms with Crippen LogP contribution >= 0.6 is 23.2 Å². The van der Waals surface area contributed by atoms with Gasteiger partial charge in [-0.05, 0) is 36.2 Å². The van der Waals surface area contributed by atoms with E-state index >= 15 is 0 Å². The van der Waals surface area contributed by atoms with E-state index in [0.29, 0.717) is 27.2 Å². The number of carbonyl (C=O) groups is 1. The van der Waals surface area contributed by atoms with E-state index in [-0.39, 0.29) is 5.91 Å². The fourth-order valence-electron chi connectivity index (χ4n) is 2.26. The van der Waals surface area contributed by atoms with Crippen LogP contribution in [0.15, 0.2) is 54.9 Å². The molecular formula is C19H16Cl2N4O. The summed E-state index contributed by atoms with van der Waals surface area (Å²) in [7, 11) is 0. The highest BCUT2D eigenvalue weighted by Crippen LogP contribution is 2.30. The Morgan fingerprint density at radius 1 is 1.04 bits per heavy atom. The van der Waals surface area contributed by atoms with Crippen LogP contribution in [0, 0.1) is 0 Å². The fourth-order valence-corrected chi connectivity index (χ4v) is 2.61. The monoisotopic (exact) mass is 386 g/mol. The summed E-state index contributed by atoms with van der Waals surface area (Å²) in [6.07, 6.45) is 3.85. The number of hydrogen-bond acceptors (Lipinski definition) is 4. The number of hydrogen-bond donors (Lipinski definition) is 2. The lowest BCUT2D eigenvalue weighted by molar-refractivity contribution is 0.102. The minimum Gasteiger partial charge on any atom is -0.323 e. The first-order valence-electron chi connectivity index (χ1n) is 8.00. The van der Waals surface area contributed by atoms with Gasteiger partial charge in [0.25, 0.3) is 5.91 Å². The summed E-state index contributed by atoms with van der Waals surface area (Å²) in [6, 6.07) is 12.9. The third-order valence-corrected chi connectivity index (χ3v) is 4.55. The van der Waals surface area contributed by atoms with Crippen molar-refractivity contribution < 1.29 is 4.79 Å². The molecule has 0 unspecified atom stereocenters. The van der Waals surface area contributed by atoms with E-state index in [1.165, 1.54) is 18.0 Å². The second-order valence-electron chi connectivity index (χ2n) is 5.53. The molecule has 0 bridgehead atoms. The number of nitrogens with zero attached hydrogens (tertiary/aromatic N) is 2. The Morgan fingerprint density at radius 2 is 1.73 bits per heavy atom. The maximum atomic E-state index is 12.3. The third kappa shape index (κ3) is 4.31. The van der Waals surface area contributed by atoms with Gasteiger partial charge in [0.2, 0.25) is 5.95 Å². The minimum absolute atomic E-state index is 0.276. The molecule has 0 fully saturated rings. The lowest BCUT2D eigenvalue weighted by Crippen LogP contribution is -2.13. The molecule has 1 heterocycles. The van der Waals surface area contributed by atoms with Crippen molar-refractivity contribution in [3.05, 3.63) is 76.0 Å². The average molecular weight is 387 g/mol. The molecule has 3 rings (SSSR count). The van der Waals surface area contributed by atoms with Crippen molar-refractivity contribution in [3.8, 4) is 0 Å². The van der Waals surface area contributed by atoms with Crippen molar-refractivity contribution in [2.45, 2.75) is 13.3 Å². The van der Waals surface area contributed by atoms with Gasteiger partial charge in [-0.1, -0.05) is 48.3 Å². The first-order valence-corrected chi connectivity index (χ1v) is 8.76. The molecule has 0 spiro atoms. The summed E-state index contributed by atoms with van der Waals surface area (Å²) in [5.41, 5.74) is 2.88. The molecule has 0 aliphatic carbocycles. The van der Waals surface area contributed by atoms with E-state index in [1.54, 1.807) is 18.2 Å². The molecular weight excluding hydrogens is 371 g/mol. The van der Waals surface area contributed by atoms with Gasteiger partial charge in [-0.15, -0.1) is 0 Å². The molecule has 3 aromatic rings. The normalized spacial score (nSPS) is 10.4. The predicted octanol–water partition coefficient (Wildman–Crippen LogP) is 5.34. The third-order valence-electron chi connectivity index (χ3n) is 3.73. The largest absolute Gasteiger partial charge is 0.323 e. The minimum atomic E-state index is -0.276. The standard InChI is InChI=1S/C19H16Cl2N4O/c1-2-12-6-8-14(9-7-12)24-18(26)13-10-22-19(23-11-13)25-16-5-3-4-15(20)17(16)21/h3-11H,2H2,1H3,(H,24,26)(H,22,23,25). The lowest BCUT2D eigenvalue weighted by Gasteiger charge is -2.09. The molecule has 2 aromatic carbocycles. The van der Waals surface area contributed by atoms with Gasteiger partial charge in [0.1, 0.15) is 0 Å². The second-order valence-corrected chi connectivity index (χ2v) is 6.31. The fraction of sp³-hybridized carbons (Fsp3) is 0.105. The number of amides is 1. The highest BCUT2D eigenvalue weighted by atomic mass is 35.5. The summed E-state index contributed by atoms with van der Waals surface area (Å²) in [5, 5.41) is 6.61. The second kappa shape index (κ2) is 8.17. The summed E-state index contributed by atoms with van der Waals surface area (Å²) in [5.74, 6) is 0.0413. The molecule has 1 aromatic heterocycles. The first kappa shape index (κ1) is 18.2. The summed E-state index contributed by atoms with van der Waals surface area (Å²) < 4.78 is 0. The van der Waals surface area contributed by atoms with Gasteiger partial charge in [0.05, 0.1) is 21.3 Å². The van der Waals surface area contributed by atoms with E-state index in [1.807, 2.05) is 24.3 Å². The van der Waals surface area contributed by atoms with Gasteiger partial charge in [-0.3, -0.25) is 4.79 Å². The zero-order valence-electron chi connectivity index (χ0n) is 14.0. The smallest absolute Gasteiger partial charge is 0.258 e. The lowest BCUT2D eigenvalue weighted by atomic mass is 10.1. The van der Waals surface area contributed by atoms with Crippen LogP contribution in [-0.4, -0.2) is 15.9 Å². The summed E-state index contributed by atoms with van der Waals surface area (Å²) in [6.45, 7) is 2.08. The molecule has 26 heavy (non-hydrogen) atoms. The Kier molecular flexibility index (Phi) is 5.71. The molecule has 7 heteroatoms. The van der Waals surface area contributed by atoms with Crippen LogP contribution in [0.5, 0.6) is 0 Å². The number of halogens is 2. The Labute approximate surface area is 161 Å². The maximum Gasteiger partial charge on any atom is 0.258 e. The van der Waals surface area contributed by atoms with Crippen molar-refractivity contribution in [3.63, 3.8) is 0 Å². The summed E-state index contributed by atoms with van der Waals surface area (Å²) >= 11 is 12.1. The number of rotatable bonds is 5. The molecule has 1 amide bonds. The average Bonchev–Trinajstić information content (AvgIpc) is 2.66. The molecule has 0 radical (unpaired) electrons. The first-order chi connectivity index (χ1) is 12.6. The van der Waals surface area contributed by atoms with Crippen molar-refractivity contribution in [2.75, 3.05) is 10.6 Å². The van der Waals surface area contributed by atoms with Crippen LogP contribution < -0.4 is 10.6 Å². The number of benzene rings is 2. The zero-order chi connectivity index (χ0) is 18.5. The van der Waals surface area contributed by atoms with Crippen LogP contribution in [0.1, 0.15) is 22.8 Å². The maximum absolute atomic E-state index is 12.3. The predicted molar refractivity (Wildman–Crippen MR) is 106 cm³/mol. The van der Waals surface area contributed by atoms with E-state index in [2.05, 4.69) is 27.5 Å². The molecule has 0 aliphatic heterocycles. The van der Waals surface area contributed by atoms with Gasteiger partial charge in [-0.2, -0.15) is 0 Å². The Hall–Kier alpha value is -2.63. The van der Waals surface area contributed by atoms with Gasteiger partial charge in [0, 0.05) is 18.1 Å². The zero-order valence-corrected chi connectivity index (χ0v) is 15.5. The molecule has 0 atom stereocenters. The highest BCUT2D eigenvalue weighted by Gasteiger charge is 2.09. The van der Waals surface area contributed by atoms with Gasteiger partial charge >= 0.3 is 0 Å². The molecule has 0 aliphatic rings. The van der Waals surface area contributed by atoms with Gasteiger partial charge in [0.15, 0.2) is 0 Å². The highest BCUT2D eigenvalue weighted by molar-refractivity contribution is 6.43.